The number of amides is 1. The topological polar surface area (TPSA) is 51.7 Å². The lowest BCUT2D eigenvalue weighted by molar-refractivity contribution is -0.0302. The Morgan fingerprint density at radius 2 is 2.24 bits per heavy atom. The lowest BCUT2D eigenvalue weighted by Crippen LogP contribution is -2.58. The summed E-state index contributed by atoms with van der Waals surface area (Å²) in [5, 5.41) is 0. The third kappa shape index (κ3) is 4.09. The van der Waals surface area contributed by atoms with Crippen molar-refractivity contribution in [2.24, 2.45) is 0 Å². The average Bonchev–Trinajstić information content (AvgIpc) is 2.28. The zero-order valence-corrected chi connectivity index (χ0v) is 14.4. The van der Waals surface area contributed by atoms with E-state index in [9.17, 15) is 4.79 Å². The number of nitrogens with zero attached hydrogens (tertiary/aromatic N) is 2. The predicted molar refractivity (Wildman–Crippen MR) is 83.4 cm³/mol. The van der Waals surface area contributed by atoms with Gasteiger partial charge in [0.05, 0.1) is 16.7 Å². The molecule has 21 heavy (non-hydrogen) atoms. The quantitative estimate of drug-likeness (QED) is 0.829. The van der Waals surface area contributed by atoms with E-state index in [4.69, 9.17) is 9.47 Å². The van der Waals surface area contributed by atoms with E-state index in [2.05, 4.69) is 20.9 Å². The molecular formula is C15H21BrN2O3. The Morgan fingerprint density at radius 1 is 1.52 bits per heavy atom. The lowest BCUT2D eigenvalue weighted by Gasteiger charge is -2.44. The van der Waals surface area contributed by atoms with E-state index in [1.807, 2.05) is 33.8 Å². The molecule has 1 aliphatic rings. The Bertz CT molecular complexity index is 516. The second-order valence-electron chi connectivity index (χ2n) is 6.16. The van der Waals surface area contributed by atoms with Gasteiger partial charge in [-0.15, -0.1) is 0 Å². The van der Waals surface area contributed by atoms with E-state index in [1.54, 1.807) is 17.3 Å². The molecule has 2 rings (SSSR count). The van der Waals surface area contributed by atoms with Crippen molar-refractivity contribution in [3.05, 3.63) is 22.9 Å². The largest absolute Gasteiger partial charge is 0.486 e. The minimum absolute atomic E-state index is 0.0342. The number of rotatable bonds is 3. The second-order valence-corrected chi connectivity index (χ2v) is 7.01. The van der Waals surface area contributed by atoms with Crippen LogP contribution in [0.25, 0.3) is 0 Å². The minimum Gasteiger partial charge on any atom is -0.486 e. The second kappa shape index (κ2) is 6.22. The average molecular weight is 357 g/mol. The molecule has 2 atom stereocenters. The molecule has 1 aliphatic heterocycles. The van der Waals surface area contributed by atoms with Gasteiger partial charge in [-0.2, -0.15) is 0 Å². The number of aromatic nitrogens is 1. The number of ether oxygens (including phenoxy) is 2. The van der Waals surface area contributed by atoms with Crippen molar-refractivity contribution in [1.29, 1.82) is 0 Å². The highest BCUT2D eigenvalue weighted by Gasteiger charge is 2.39. The maximum atomic E-state index is 12.1. The van der Waals surface area contributed by atoms with Crippen molar-refractivity contribution in [2.45, 2.75) is 51.9 Å². The molecule has 1 amide bonds. The fourth-order valence-corrected chi connectivity index (χ4v) is 2.49. The summed E-state index contributed by atoms with van der Waals surface area (Å²) in [6.45, 7) is 8.27. The number of carbonyl (C=O) groups is 1. The molecule has 0 aliphatic carbocycles. The number of carbonyl (C=O) groups excluding carboxylic acids is 1. The molecule has 1 aromatic rings. The summed E-state index contributed by atoms with van der Waals surface area (Å²) in [6.07, 6.45) is 3.87. The summed E-state index contributed by atoms with van der Waals surface area (Å²) in [5.74, 6) is 0.682. The lowest BCUT2D eigenvalue weighted by atomic mass is 9.99. The predicted octanol–water partition coefficient (Wildman–Crippen LogP) is 3.62. The molecule has 1 unspecified atom stereocenters. The first kappa shape index (κ1) is 16.1. The van der Waals surface area contributed by atoms with Crippen LogP contribution in [0.15, 0.2) is 22.9 Å². The Kier molecular flexibility index (Phi) is 4.76. The van der Waals surface area contributed by atoms with Gasteiger partial charge < -0.3 is 14.4 Å². The molecule has 6 heteroatoms. The van der Waals surface area contributed by atoms with Crippen molar-refractivity contribution in [1.82, 2.24) is 9.88 Å². The molecule has 0 bridgehead atoms. The molecule has 5 nitrogen and oxygen atoms in total. The Balaban J connectivity index is 1.96. The fourth-order valence-electron chi connectivity index (χ4n) is 2.17. The third-order valence-corrected chi connectivity index (χ3v) is 3.94. The van der Waals surface area contributed by atoms with Crippen molar-refractivity contribution < 1.29 is 14.3 Å². The summed E-state index contributed by atoms with van der Waals surface area (Å²) >= 11 is 3.43. The van der Waals surface area contributed by atoms with Gasteiger partial charge in [0.1, 0.15) is 11.7 Å². The Morgan fingerprint density at radius 3 is 2.76 bits per heavy atom. The molecule has 0 N–H and O–H groups in total. The standard InChI is InChI=1S/C15H21BrN2O3/c1-10(20-13-9-17-7-5-11(13)16)12-6-8-18(12)14(19)21-15(2,3)4/h5,7,9-10,12H,6,8H2,1-4H3/t10-,12?/m1/s1. The summed E-state index contributed by atoms with van der Waals surface area (Å²) < 4.78 is 12.2. The highest BCUT2D eigenvalue weighted by Crippen LogP contribution is 2.29. The highest BCUT2D eigenvalue weighted by atomic mass is 79.9. The van der Waals surface area contributed by atoms with E-state index in [0.29, 0.717) is 12.3 Å². The maximum Gasteiger partial charge on any atom is 0.410 e. The maximum absolute atomic E-state index is 12.1. The van der Waals surface area contributed by atoms with Gasteiger partial charge in [-0.25, -0.2) is 4.79 Å². The van der Waals surface area contributed by atoms with E-state index in [1.165, 1.54) is 0 Å². The van der Waals surface area contributed by atoms with Gasteiger partial charge in [0.15, 0.2) is 5.75 Å². The molecule has 116 valence electrons. The van der Waals surface area contributed by atoms with E-state index >= 15 is 0 Å². The molecule has 1 fully saturated rings. The van der Waals surface area contributed by atoms with Crippen LogP contribution in [-0.4, -0.2) is 40.3 Å². The summed E-state index contributed by atoms with van der Waals surface area (Å²) in [4.78, 5) is 17.9. The van der Waals surface area contributed by atoms with Crippen LogP contribution >= 0.6 is 15.9 Å². The first-order chi connectivity index (χ1) is 9.78. The molecule has 0 saturated carbocycles. The van der Waals surface area contributed by atoms with Gasteiger partial charge >= 0.3 is 6.09 Å². The molecule has 1 saturated heterocycles. The van der Waals surface area contributed by atoms with Crippen LogP contribution in [0, 0.1) is 0 Å². The molecule has 0 spiro atoms. The van der Waals surface area contributed by atoms with Crippen LogP contribution in [-0.2, 0) is 4.74 Å². The van der Waals surface area contributed by atoms with Crippen molar-refractivity contribution in [2.75, 3.05) is 6.54 Å². The van der Waals surface area contributed by atoms with Gasteiger partial charge in [-0.05, 0) is 56.1 Å². The summed E-state index contributed by atoms with van der Waals surface area (Å²) in [6, 6.07) is 1.86. The monoisotopic (exact) mass is 356 g/mol. The zero-order chi connectivity index (χ0) is 15.6. The van der Waals surface area contributed by atoms with Gasteiger partial charge in [0.25, 0.3) is 0 Å². The molecule has 0 radical (unpaired) electrons. The Labute approximate surface area is 133 Å². The third-order valence-electron chi connectivity index (χ3n) is 3.28. The van der Waals surface area contributed by atoms with Gasteiger partial charge in [-0.1, -0.05) is 0 Å². The summed E-state index contributed by atoms with van der Waals surface area (Å²) in [5.41, 5.74) is -0.478. The molecule has 1 aromatic heterocycles. The summed E-state index contributed by atoms with van der Waals surface area (Å²) in [7, 11) is 0. The first-order valence-corrected chi connectivity index (χ1v) is 7.83. The molecular weight excluding hydrogens is 336 g/mol. The van der Waals surface area contributed by atoms with Crippen LogP contribution in [0.2, 0.25) is 0 Å². The number of pyridine rings is 1. The number of likely N-dealkylation sites (tertiary alicyclic amines) is 1. The first-order valence-electron chi connectivity index (χ1n) is 7.04. The van der Waals surface area contributed by atoms with E-state index < -0.39 is 5.60 Å². The molecule has 2 heterocycles. The van der Waals surface area contributed by atoms with Gasteiger partial charge in [-0.3, -0.25) is 4.98 Å². The van der Waals surface area contributed by atoms with Crippen molar-refractivity contribution in [3.63, 3.8) is 0 Å². The van der Waals surface area contributed by atoms with Crippen molar-refractivity contribution >= 4 is 22.0 Å². The smallest absolute Gasteiger partial charge is 0.410 e. The Hall–Kier alpha value is -1.30. The fraction of sp³-hybridized carbons (Fsp3) is 0.600. The van der Waals surface area contributed by atoms with Crippen LogP contribution in [0.3, 0.4) is 0 Å². The van der Waals surface area contributed by atoms with Crippen molar-refractivity contribution in [3.8, 4) is 5.75 Å². The van der Waals surface area contributed by atoms with Crippen LogP contribution in [0.1, 0.15) is 34.1 Å². The number of halogens is 1. The van der Waals surface area contributed by atoms with Gasteiger partial charge in [0.2, 0.25) is 0 Å². The highest BCUT2D eigenvalue weighted by molar-refractivity contribution is 9.10. The van der Waals surface area contributed by atoms with Crippen LogP contribution < -0.4 is 4.74 Å². The SMILES string of the molecule is C[C@@H](Oc1cnccc1Br)C1CCN1C(=O)OC(C)(C)C. The van der Waals surface area contributed by atoms with E-state index in [0.717, 1.165) is 10.9 Å². The van der Waals surface area contributed by atoms with E-state index in [-0.39, 0.29) is 18.2 Å². The number of hydrogen-bond donors (Lipinski definition) is 0. The number of hydrogen-bond acceptors (Lipinski definition) is 4. The van der Waals surface area contributed by atoms with Gasteiger partial charge in [0, 0.05) is 12.7 Å². The minimum atomic E-state index is -0.478. The van der Waals surface area contributed by atoms with Crippen LogP contribution in [0.5, 0.6) is 5.75 Å². The normalized spacial score (nSPS) is 19.7. The molecule has 0 aromatic carbocycles. The van der Waals surface area contributed by atoms with Crippen LogP contribution in [0.4, 0.5) is 4.79 Å². The zero-order valence-electron chi connectivity index (χ0n) is 12.8.